The first-order valence-corrected chi connectivity index (χ1v) is 5.74. The lowest BCUT2D eigenvalue weighted by Gasteiger charge is -2.35. The summed E-state index contributed by atoms with van der Waals surface area (Å²) in [5, 5.41) is 6.57. The fourth-order valence-electron chi connectivity index (χ4n) is 1.65. The number of nitrogens with two attached hydrogens (primary N) is 1. The predicted molar refractivity (Wildman–Crippen MR) is 68.7 cm³/mol. The van der Waals surface area contributed by atoms with E-state index < -0.39 is 0 Å². The van der Waals surface area contributed by atoms with E-state index in [0.29, 0.717) is 11.3 Å². The number of nitrogens with one attached hydrogen (secondary N) is 1. The largest absolute Gasteiger partial charge is 0.382 e. The van der Waals surface area contributed by atoms with Crippen LogP contribution in [0.15, 0.2) is 0 Å². The highest BCUT2D eigenvalue weighted by molar-refractivity contribution is 5.99. The second kappa shape index (κ2) is 4.39. The van der Waals surface area contributed by atoms with Crippen molar-refractivity contribution >= 4 is 11.7 Å². The van der Waals surface area contributed by atoms with Crippen molar-refractivity contribution in [1.29, 1.82) is 0 Å². The van der Waals surface area contributed by atoms with Crippen molar-refractivity contribution in [1.82, 2.24) is 15.1 Å². The first kappa shape index (κ1) is 13.5. The average Bonchev–Trinajstić information content (AvgIpc) is 2.54. The Kier molecular flexibility index (Phi) is 3.50. The summed E-state index contributed by atoms with van der Waals surface area (Å²) in [6.45, 7) is 10.1. The number of aryl methyl sites for hydroxylation is 1. The minimum Gasteiger partial charge on any atom is -0.382 e. The van der Waals surface area contributed by atoms with Crippen LogP contribution in [0.3, 0.4) is 0 Å². The highest BCUT2D eigenvalue weighted by Gasteiger charge is 2.29. The van der Waals surface area contributed by atoms with Crippen LogP contribution in [0.2, 0.25) is 0 Å². The second-order valence-electron chi connectivity index (χ2n) is 5.57. The summed E-state index contributed by atoms with van der Waals surface area (Å²) in [7, 11) is 1.80. The number of anilines is 1. The zero-order valence-corrected chi connectivity index (χ0v) is 11.5. The first-order chi connectivity index (χ1) is 7.66. The zero-order chi connectivity index (χ0) is 13.4. The highest BCUT2D eigenvalue weighted by Crippen LogP contribution is 2.25. The van der Waals surface area contributed by atoms with E-state index in [1.54, 1.807) is 18.9 Å². The molecule has 0 spiro atoms. The van der Waals surface area contributed by atoms with Crippen LogP contribution in [0.1, 0.15) is 43.7 Å². The molecule has 0 saturated carbocycles. The molecule has 1 aromatic heterocycles. The molecule has 0 radical (unpaired) electrons. The van der Waals surface area contributed by atoms with Gasteiger partial charge in [0, 0.05) is 18.8 Å². The van der Waals surface area contributed by atoms with Crippen LogP contribution in [0.5, 0.6) is 0 Å². The van der Waals surface area contributed by atoms with Gasteiger partial charge in [-0.1, -0.05) is 20.8 Å². The molecule has 1 heterocycles. The Morgan fingerprint density at radius 1 is 1.47 bits per heavy atom. The molecular formula is C12H22N4O. The molecule has 0 aliphatic heterocycles. The summed E-state index contributed by atoms with van der Waals surface area (Å²) in [6.07, 6.45) is 0. The Bertz CT molecular complexity index is 397. The molecule has 5 heteroatoms. The molecule has 0 fully saturated rings. The summed E-state index contributed by atoms with van der Waals surface area (Å²) < 4.78 is 0. The smallest absolute Gasteiger partial charge is 0.259 e. The van der Waals surface area contributed by atoms with E-state index in [2.05, 4.69) is 31.0 Å². The van der Waals surface area contributed by atoms with Gasteiger partial charge in [-0.2, -0.15) is 5.10 Å². The van der Waals surface area contributed by atoms with Crippen LogP contribution in [-0.4, -0.2) is 34.1 Å². The van der Waals surface area contributed by atoms with Gasteiger partial charge in [-0.25, -0.2) is 0 Å². The Balaban J connectivity index is 2.99. The van der Waals surface area contributed by atoms with E-state index >= 15 is 0 Å². The Morgan fingerprint density at radius 3 is 2.35 bits per heavy atom. The van der Waals surface area contributed by atoms with E-state index in [9.17, 15) is 4.79 Å². The van der Waals surface area contributed by atoms with Gasteiger partial charge in [0.15, 0.2) is 5.82 Å². The molecule has 17 heavy (non-hydrogen) atoms. The number of amides is 1. The standard InChI is InChI=1S/C12H22N4O/c1-7-9(10(13)15-14-7)11(17)16(6)8(2)12(3,4)5/h8H,1-6H3,(H3,13,14,15). The van der Waals surface area contributed by atoms with Gasteiger partial charge < -0.3 is 10.6 Å². The van der Waals surface area contributed by atoms with Crippen LogP contribution in [-0.2, 0) is 0 Å². The van der Waals surface area contributed by atoms with Crippen LogP contribution in [0.4, 0.5) is 5.82 Å². The number of nitrogen functional groups attached to an aromatic ring is 1. The zero-order valence-electron chi connectivity index (χ0n) is 11.5. The molecule has 0 saturated heterocycles. The van der Waals surface area contributed by atoms with Crippen molar-refractivity contribution in [3.63, 3.8) is 0 Å². The molecule has 1 atom stereocenters. The monoisotopic (exact) mass is 238 g/mol. The Hall–Kier alpha value is -1.52. The van der Waals surface area contributed by atoms with E-state index in [4.69, 9.17) is 5.73 Å². The molecule has 1 amide bonds. The SMILES string of the molecule is Cc1[nH]nc(N)c1C(=O)N(C)C(C)C(C)(C)C. The molecule has 1 rings (SSSR count). The third-order valence-corrected chi connectivity index (χ3v) is 3.34. The predicted octanol–water partition coefficient (Wildman–Crippen LogP) is 1.81. The summed E-state index contributed by atoms with van der Waals surface area (Å²) in [5.74, 6) is 0.177. The minimum absolute atomic E-state index is 0.0246. The Labute approximate surface area is 102 Å². The molecule has 0 bridgehead atoms. The van der Waals surface area contributed by atoms with E-state index in [1.807, 2.05) is 6.92 Å². The van der Waals surface area contributed by atoms with Gasteiger partial charge in [-0.05, 0) is 19.3 Å². The second-order valence-corrected chi connectivity index (χ2v) is 5.57. The summed E-state index contributed by atoms with van der Waals surface area (Å²) in [6, 6.07) is 0.115. The number of rotatable bonds is 2. The van der Waals surface area contributed by atoms with Crippen molar-refractivity contribution in [2.45, 2.75) is 40.7 Å². The lowest BCUT2D eigenvalue weighted by Crippen LogP contribution is -2.43. The first-order valence-electron chi connectivity index (χ1n) is 5.74. The van der Waals surface area contributed by atoms with Gasteiger partial charge in [-0.3, -0.25) is 9.89 Å². The van der Waals surface area contributed by atoms with Gasteiger partial charge in [-0.15, -0.1) is 0 Å². The molecule has 3 N–H and O–H groups in total. The number of aromatic amines is 1. The number of hydrogen-bond acceptors (Lipinski definition) is 3. The number of aromatic nitrogens is 2. The molecule has 0 aliphatic carbocycles. The topological polar surface area (TPSA) is 75.0 Å². The molecule has 1 aromatic rings. The number of hydrogen-bond donors (Lipinski definition) is 2. The quantitative estimate of drug-likeness (QED) is 0.825. The van der Waals surface area contributed by atoms with Crippen molar-refractivity contribution in [3.8, 4) is 0 Å². The van der Waals surface area contributed by atoms with Crippen molar-refractivity contribution in [3.05, 3.63) is 11.3 Å². The summed E-state index contributed by atoms with van der Waals surface area (Å²) in [4.78, 5) is 14.0. The maximum Gasteiger partial charge on any atom is 0.259 e. The Morgan fingerprint density at radius 2 is 2.00 bits per heavy atom. The number of carbonyl (C=O) groups is 1. The maximum absolute atomic E-state index is 12.3. The average molecular weight is 238 g/mol. The van der Waals surface area contributed by atoms with Gasteiger partial charge >= 0.3 is 0 Å². The molecule has 1 unspecified atom stereocenters. The minimum atomic E-state index is -0.0869. The van der Waals surface area contributed by atoms with E-state index in [-0.39, 0.29) is 23.2 Å². The summed E-state index contributed by atoms with van der Waals surface area (Å²) in [5.41, 5.74) is 6.91. The van der Waals surface area contributed by atoms with Crippen molar-refractivity contribution in [2.24, 2.45) is 5.41 Å². The lowest BCUT2D eigenvalue weighted by molar-refractivity contribution is 0.0629. The van der Waals surface area contributed by atoms with Gasteiger partial charge in [0.25, 0.3) is 5.91 Å². The normalized spacial score (nSPS) is 13.5. The fraction of sp³-hybridized carbons (Fsp3) is 0.667. The third kappa shape index (κ3) is 2.60. The number of H-pyrrole nitrogens is 1. The molecular weight excluding hydrogens is 216 g/mol. The van der Waals surface area contributed by atoms with E-state index in [0.717, 1.165) is 0 Å². The van der Waals surface area contributed by atoms with Crippen molar-refractivity contribution < 1.29 is 4.79 Å². The fourth-order valence-corrected chi connectivity index (χ4v) is 1.65. The molecule has 96 valence electrons. The van der Waals surface area contributed by atoms with Crippen LogP contribution >= 0.6 is 0 Å². The summed E-state index contributed by atoms with van der Waals surface area (Å²) >= 11 is 0. The lowest BCUT2D eigenvalue weighted by atomic mass is 9.87. The van der Waals surface area contributed by atoms with Crippen molar-refractivity contribution in [2.75, 3.05) is 12.8 Å². The maximum atomic E-state index is 12.3. The molecule has 0 aromatic carbocycles. The molecule has 5 nitrogen and oxygen atoms in total. The van der Waals surface area contributed by atoms with Crippen LogP contribution in [0, 0.1) is 12.3 Å². The van der Waals surface area contributed by atoms with Crippen LogP contribution < -0.4 is 5.73 Å². The third-order valence-electron chi connectivity index (χ3n) is 3.34. The van der Waals surface area contributed by atoms with E-state index in [1.165, 1.54) is 0 Å². The van der Waals surface area contributed by atoms with Gasteiger partial charge in [0.1, 0.15) is 5.56 Å². The van der Waals surface area contributed by atoms with Gasteiger partial charge in [0.05, 0.1) is 0 Å². The van der Waals surface area contributed by atoms with Crippen LogP contribution in [0.25, 0.3) is 0 Å². The number of nitrogens with zero attached hydrogens (tertiary/aromatic N) is 2. The number of carbonyl (C=O) groups excluding carboxylic acids is 1. The highest BCUT2D eigenvalue weighted by atomic mass is 16.2. The molecule has 0 aliphatic rings. The van der Waals surface area contributed by atoms with Gasteiger partial charge in [0.2, 0.25) is 0 Å².